The molecule has 1 aliphatic carbocycles. The first-order valence-corrected chi connectivity index (χ1v) is 7.85. The summed E-state index contributed by atoms with van der Waals surface area (Å²) in [7, 11) is 0. The molecule has 1 aliphatic rings. The number of hydrogen-bond acceptors (Lipinski definition) is 3. The summed E-state index contributed by atoms with van der Waals surface area (Å²) in [6.07, 6.45) is 3.12. The predicted molar refractivity (Wildman–Crippen MR) is 83.0 cm³/mol. The first kappa shape index (κ1) is 16.4. The van der Waals surface area contributed by atoms with Crippen LogP contribution < -0.4 is 4.74 Å². The highest BCUT2D eigenvalue weighted by atomic mass is 35.5. The molecule has 1 aromatic carbocycles. The summed E-state index contributed by atoms with van der Waals surface area (Å²) in [5.74, 6) is 0.653. The topological polar surface area (TPSA) is 49.8 Å². The van der Waals surface area contributed by atoms with Crippen molar-refractivity contribution in [3.8, 4) is 5.75 Å². The molecule has 0 unspecified atom stereocenters. The predicted octanol–water partition coefficient (Wildman–Crippen LogP) is 3.14. The summed E-state index contributed by atoms with van der Waals surface area (Å²) in [4.78, 5) is 13.8. The third-order valence-corrected chi connectivity index (χ3v) is 3.87. The van der Waals surface area contributed by atoms with Gasteiger partial charge in [-0.25, -0.2) is 0 Å². The van der Waals surface area contributed by atoms with Gasteiger partial charge in [0.05, 0.1) is 18.2 Å². The Morgan fingerprint density at radius 2 is 2.14 bits per heavy atom. The molecule has 1 amide bonds. The smallest absolute Gasteiger partial charge is 0.223 e. The van der Waals surface area contributed by atoms with E-state index in [4.69, 9.17) is 33.0 Å². The molecule has 0 radical (unpaired) electrons. The summed E-state index contributed by atoms with van der Waals surface area (Å²) >= 11 is 11.8. The molecule has 0 saturated heterocycles. The van der Waals surface area contributed by atoms with Crippen molar-refractivity contribution in [2.45, 2.75) is 31.7 Å². The van der Waals surface area contributed by atoms with Gasteiger partial charge in [0.25, 0.3) is 0 Å². The van der Waals surface area contributed by atoms with Crippen LogP contribution >= 0.6 is 23.2 Å². The van der Waals surface area contributed by atoms with Gasteiger partial charge >= 0.3 is 0 Å². The van der Waals surface area contributed by atoms with Gasteiger partial charge in [-0.2, -0.15) is 0 Å². The lowest BCUT2D eigenvalue weighted by Crippen LogP contribution is -2.35. The molecule has 4 nitrogen and oxygen atoms in total. The van der Waals surface area contributed by atoms with Gasteiger partial charge < -0.3 is 14.7 Å². The van der Waals surface area contributed by atoms with E-state index in [1.165, 1.54) is 0 Å². The van der Waals surface area contributed by atoms with Crippen LogP contribution in [-0.2, 0) is 4.79 Å². The molecule has 0 aliphatic heterocycles. The van der Waals surface area contributed by atoms with Gasteiger partial charge in [0.15, 0.2) is 0 Å². The number of ether oxygens (including phenoxy) is 1. The first-order valence-electron chi connectivity index (χ1n) is 7.10. The fraction of sp³-hybridized carbons (Fsp3) is 0.533. The molecule has 6 heteroatoms. The number of amides is 1. The van der Waals surface area contributed by atoms with Crippen molar-refractivity contribution >= 4 is 29.1 Å². The highest BCUT2D eigenvalue weighted by molar-refractivity contribution is 6.35. The molecule has 0 aromatic heterocycles. The summed E-state index contributed by atoms with van der Waals surface area (Å²) in [6, 6.07) is 5.38. The Bertz CT molecular complexity index is 492. The molecule has 0 bridgehead atoms. The zero-order valence-corrected chi connectivity index (χ0v) is 13.2. The minimum atomic E-state index is 0.0130. The standard InChI is InChI=1S/C15H19Cl2NO3/c16-11-3-6-14(13(17)10-11)21-9-1-2-15(20)18(7-8-19)12-4-5-12/h3,6,10,12,19H,1-2,4-5,7-9H2. The van der Waals surface area contributed by atoms with Crippen molar-refractivity contribution in [1.29, 1.82) is 0 Å². The average molecular weight is 332 g/mol. The molecule has 116 valence electrons. The fourth-order valence-corrected chi connectivity index (χ4v) is 2.61. The normalized spacial score (nSPS) is 14.0. The number of aliphatic hydroxyl groups excluding tert-OH is 1. The van der Waals surface area contributed by atoms with E-state index in [9.17, 15) is 4.79 Å². The van der Waals surface area contributed by atoms with Crippen molar-refractivity contribution in [3.05, 3.63) is 28.2 Å². The van der Waals surface area contributed by atoms with Crippen LogP contribution in [0.1, 0.15) is 25.7 Å². The molecular weight excluding hydrogens is 313 g/mol. The summed E-state index contributed by atoms with van der Waals surface area (Å²) < 4.78 is 5.55. The van der Waals surface area contributed by atoms with E-state index in [1.54, 1.807) is 23.1 Å². The number of aliphatic hydroxyl groups is 1. The van der Waals surface area contributed by atoms with Crippen LogP contribution in [0.3, 0.4) is 0 Å². The van der Waals surface area contributed by atoms with Crippen molar-refractivity contribution in [2.75, 3.05) is 19.8 Å². The number of nitrogens with zero attached hydrogens (tertiary/aromatic N) is 1. The molecule has 1 N–H and O–H groups in total. The van der Waals surface area contributed by atoms with Crippen LogP contribution in [0.25, 0.3) is 0 Å². The van der Waals surface area contributed by atoms with Crippen LogP contribution in [-0.4, -0.2) is 41.7 Å². The highest BCUT2D eigenvalue weighted by Gasteiger charge is 2.31. The molecule has 0 spiro atoms. The van der Waals surface area contributed by atoms with Crippen molar-refractivity contribution in [1.82, 2.24) is 4.90 Å². The molecule has 2 rings (SSSR count). The molecule has 1 saturated carbocycles. The van der Waals surface area contributed by atoms with E-state index in [0.29, 0.717) is 47.8 Å². The lowest BCUT2D eigenvalue weighted by atomic mass is 10.2. The van der Waals surface area contributed by atoms with Gasteiger partial charge in [-0.15, -0.1) is 0 Å². The zero-order chi connectivity index (χ0) is 15.2. The molecule has 0 atom stereocenters. The van der Waals surface area contributed by atoms with Crippen LogP contribution in [0.5, 0.6) is 5.75 Å². The molecule has 0 heterocycles. The van der Waals surface area contributed by atoms with Crippen LogP contribution in [0, 0.1) is 0 Å². The Labute approximate surface area is 134 Å². The summed E-state index contributed by atoms with van der Waals surface area (Å²) in [5, 5.41) is 10.0. The molecular formula is C15H19Cl2NO3. The fourth-order valence-electron chi connectivity index (χ4n) is 2.15. The van der Waals surface area contributed by atoms with E-state index < -0.39 is 0 Å². The largest absolute Gasteiger partial charge is 0.492 e. The van der Waals surface area contributed by atoms with Crippen molar-refractivity contribution < 1.29 is 14.6 Å². The number of carbonyl (C=O) groups is 1. The summed E-state index contributed by atoms with van der Waals surface area (Å²) in [5.41, 5.74) is 0. The van der Waals surface area contributed by atoms with Gasteiger partial charge in [0.2, 0.25) is 5.91 Å². The van der Waals surface area contributed by atoms with Crippen LogP contribution in [0.15, 0.2) is 18.2 Å². The van der Waals surface area contributed by atoms with E-state index in [-0.39, 0.29) is 12.5 Å². The van der Waals surface area contributed by atoms with Gasteiger partial charge in [-0.3, -0.25) is 4.79 Å². The van der Waals surface area contributed by atoms with Crippen molar-refractivity contribution in [2.24, 2.45) is 0 Å². The Balaban J connectivity index is 1.72. The first-order chi connectivity index (χ1) is 10.1. The molecule has 1 fully saturated rings. The third kappa shape index (κ3) is 5.06. The van der Waals surface area contributed by atoms with E-state index in [1.807, 2.05) is 0 Å². The number of halogens is 2. The zero-order valence-electron chi connectivity index (χ0n) is 11.7. The number of benzene rings is 1. The Kier molecular flexibility index (Phi) is 6.15. The lowest BCUT2D eigenvalue weighted by Gasteiger charge is -2.21. The Morgan fingerprint density at radius 3 is 2.76 bits per heavy atom. The lowest BCUT2D eigenvalue weighted by molar-refractivity contribution is -0.132. The average Bonchev–Trinajstić information content (AvgIpc) is 3.27. The minimum absolute atomic E-state index is 0.0130. The molecule has 21 heavy (non-hydrogen) atoms. The SMILES string of the molecule is O=C(CCCOc1ccc(Cl)cc1Cl)N(CCO)C1CC1. The van der Waals surface area contributed by atoms with E-state index in [0.717, 1.165) is 12.8 Å². The number of hydrogen-bond donors (Lipinski definition) is 1. The van der Waals surface area contributed by atoms with Gasteiger partial charge in [-0.1, -0.05) is 23.2 Å². The third-order valence-electron chi connectivity index (χ3n) is 3.34. The highest BCUT2D eigenvalue weighted by Crippen LogP contribution is 2.28. The minimum Gasteiger partial charge on any atom is -0.492 e. The van der Waals surface area contributed by atoms with Gasteiger partial charge in [-0.05, 0) is 37.5 Å². The number of rotatable bonds is 8. The van der Waals surface area contributed by atoms with E-state index >= 15 is 0 Å². The van der Waals surface area contributed by atoms with Gasteiger partial charge in [0, 0.05) is 24.0 Å². The van der Waals surface area contributed by atoms with E-state index in [2.05, 4.69) is 0 Å². The van der Waals surface area contributed by atoms with Crippen LogP contribution in [0.4, 0.5) is 0 Å². The second-order valence-electron chi connectivity index (χ2n) is 5.07. The molecule has 1 aromatic rings. The monoisotopic (exact) mass is 331 g/mol. The van der Waals surface area contributed by atoms with Gasteiger partial charge in [0.1, 0.15) is 5.75 Å². The maximum Gasteiger partial charge on any atom is 0.223 e. The van der Waals surface area contributed by atoms with Crippen LogP contribution in [0.2, 0.25) is 10.0 Å². The Morgan fingerprint density at radius 1 is 1.38 bits per heavy atom. The number of carbonyl (C=O) groups excluding carboxylic acids is 1. The maximum absolute atomic E-state index is 12.1. The summed E-state index contributed by atoms with van der Waals surface area (Å²) in [6.45, 7) is 0.858. The Hall–Kier alpha value is -0.970. The second-order valence-corrected chi connectivity index (χ2v) is 5.91. The second kappa shape index (κ2) is 7.87. The maximum atomic E-state index is 12.1. The quantitative estimate of drug-likeness (QED) is 0.744. The van der Waals surface area contributed by atoms with Crippen molar-refractivity contribution in [3.63, 3.8) is 0 Å².